The van der Waals surface area contributed by atoms with Crippen LogP contribution in [-0.2, 0) is 4.79 Å². The molecule has 0 aliphatic carbocycles. The molecule has 0 radical (unpaired) electrons. The summed E-state index contributed by atoms with van der Waals surface area (Å²) in [5.74, 6) is -0.918. The van der Waals surface area contributed by atoms with Crippen molar-refractivity contribution in [2.24, 2.45) is 11.5 Å². The lowest BCUT2D eigenvalue weighted by Gasteiger charge is -2.11. The van der Waals surface area contributed by atoms with Crippen LogP contribution in [0.25, 0.3) is 0 Å². The lowest BCUT2D eigenvalue weighted by molar-refractivity contribution is -0.118. The molecule has 15 heavy (non-hydrogen) atoms. The molecule has 0 heterocycles. The lowest BCUT2D eigenvalue weighted by atomic mass is 10.2. The van der Waals surface area contributed by atoms with Gasteiger partial charge in [-0.2, -0.15) is 0 Å². The Hall–Kier alpha value is -2.04. The van der Waals surface area contributed by atoms with Crippen LogP contribution >= 0.6 is 0 Å². The van der Waals surface area contributed by atoms with Crippen LogP contribution in [0.2, 0.25) is 0 Å². The predicted octanol–water partition coefficient (Wildman–Crippen LogP) is 0.0712. The number of rotatable bonds is 4. The molecule has 0 fully saturated rings. The molecule has 0 aromatic heterocycles. The molecule has 5 N–H and O–H groups in total. The molecule has 1 atom stereocenters. The number of hydrogen-bond acceptors (Lipinski definition) is 3. The number of carbonyl (C=O) groups is 2. The number of benzene rings is 1. The summed E-state index contributed by atoms with van der Waals surface area (Å²) in [6.45, 7) is 1.66. The van der Waals surface area contributed by atoms with E-state index in [0.717, 1.165) is 0 Å². The maximum absolute atomic E-state index is 10.8. The van der Waals surface area contributed by atoms with Crippen LogP contribution in [0, 0.1) is 0 Å². The second-order valence-corrected chi connectivity index (χ2v) is 3.21. The molecule has 1 aromatic rings. The van der Waals surface area contributed by atoms with Crippen molar-refractivity contribution in [1.82, 2.24) is 0 Å². The fraction of sp³-hybridized carbons (Fsp3) is 0.200. The molecule has 0 saturated carbocycles. The number of anilines is 1. The van der Waals surface area contributed by atoms with Gasteiger partial charge in [-0.3, -0.25) is 9.59 Å². The van der Waals surface area contributed by atoms with E-state index in [1.807, 2.05) is 0 Å². The van der Waals surface area contributed by atoms with Crippen LogP contribution in [-0.4, -0.2) is 17.9 Å². The molecule has 1 aromatic carbocycles. The van der Waals surface area contributed by atoms with Gasteiger partial charge in [-0.05, 0) is 31.2 Å². The molecule has 0 saturated heterocycles. The Bertz CT molecular complexity index is 373. The molecular weight excluding hydrogens is 194 g/mol. The maximum Gasteiger partial charge on any atom is 0.248 e. The van der Waals surface area contributed by atoms with Crippen LogP contribution in [0.15, 0.2) is 24.3 Å². The first-order valence-electron chi connectivity index (χ1n) is 4.46. The van der Waals surface area contributed by atoms with E-state index in [-0.39, 0.29) is 0 Å². The highest BCUT2D eigenvalue weighted by Crippen LogP contribution is 2.10. The highest BCUT2D eigenvalue weighted by Gasteiger charge is 2.07. The number of nitrogens with two attached hydrogens (primary N) is 2. The summed E-state index contributed by atoms with van der Waals surface area (Å²) in [4.78, 5) is 21.5. The Morgan fingerprint density at radius 1 is 1.20 bits per heavy atom. The monoisotopic (exact) mass is 207 g/mol. The van der Waals surface area contributed by atoms with Crippen LogP contribution in [0.3, 0.4) is 0 Å². The first kappa shape index (κ1) is 11.0. The number of nitrogens with one attached hydrogen (secondary N) is 1. The van der Waals surface area contributed by atoms with Crippen molar-refractivity contribution < 1.29 is 9.59 Å². The third-order valence-corrected chi connectivity index (χ3v) is 1.98. The van der Waals surface area contributed by atoms with Crippen LogP contribution < -0.4 is 16.8 Å². The van der Waals surface area contributed by atoms with Crippen molar-refractivity contribution in [1.29, 1.82) is 0 Å². The van der Waals surface area contributed by atoms with Gasteiger partial charge in [0.15, 0.2) is 0 Å². The first-order valence-corrected chi connectivity index (χ1v) is 4.46. The van der Waals surface area contributed by atoms with Crippen molar-refractivity contribution in [2.45, 2.75) is 13.0 Å². The smallest absolute Gasteiger partial charge is 0.248 e. The average Bonchev–Trinajstić information content (AvgIpc) is 2.18. The standard InChI is InChI=1S/C10H13N3O2/c1-6(9(11)14)13-8-4-2-7(3-5-8)10(12)15/h2-6,13H,1H3,(H2,11,14)(H2,12,15). The topological polar surface area (TPSA) is 98.2 Å². The normalized spacial score (nSPS) is 11.8. The SMILES string of the molecule is CC(Nc1ccc(C(N)=O)cc1)C(N)=O. The number of primary amides is 2. The van der Waals surface area contributed by atoms with Crippen LogP contribution in [0.4, 0.5) is 5.69 Å². The number of hydrogen-bond donors (Lipinski definition) is 3. The van der Waals surface area contributed by atoms with E-state index in [9.17, 15) is 9.59 Å². The minimum Gasteiger partial charge on any atom is -0.374 e. The van der Waals surface area contributed by atoms with Crippen molar-refractivity contribution in [3.8, 4) is 0 Å². The summed E-state index contributed by atoms with van der Waals surface area (Å²) in [6, 6.07) is 6.04. The highest BCUT2D eigenvalue weighted by atomic mass is 16.1. The summed E-state index contributed by atoms with van der Waals surface area (Å²) in [5, 5.41) is 2.88. The Kier molecular flexibility index (Phi) is 3.28. The molecule has 5 heteroatoms. The lowest BCUT2D eigenvalue weighted by Crippen LogP contribution is -2.32. The minimum absolute atomic E-state index is 0.423. The second-order valence-electron chi connectivity index (χ2n) is 3.21. The van der Waals surface area contributed by atoms with E-state index in [1.54, 1.807) is 31.2 Å². The molecule has 0 bridgehead atoms. The fourth-order valence-electron chi connectivity index (χ4n) is 1.05. The van der Waals surface area contributed by atoms with Gasteiger partial charge in [0, 0.05) is 11.3 Å². The Morgan fingerprint density at radius 3 is 2.13 bits per heavy atom. The summed E-state index contributed by atoms with van der Waals surface area (Å²) >= 11 is 0. The quantitative estimate of drug-likeness (QED) is 0.651. The van der Waals surface area contributed by atoms with Crippen molar-refractivity contribution in [2.75, 3.05) is 5.32 Å². The van der Waals surface area contributed by atoms with Gasteiger partial charge < -0.3 is 16.8 Å². The van der Waals surface area contributed by atoms with Gasteiger partial charge in [0.05, 0.1) is 0 Å². The molecule has 2 amide bonds. The number of amides is 2. The summed E-state index contributed by atoms with van der Waals surface area (Å²) in [5.41, 5.74) is 11.3. The zero-order valence-electron chi connectivity index (χ0n) is 8.36. The van der Waals surface area contributed by atoms with Gasteiger partial charge in [-0.15, -0.1) is 0 Å². The molecule has 0 aliphatic rings. The van der Waals surface area contributed by atoms with Crippen LogP contribution in [0.5, 0.6) is 0 Å². The average molecular weight is 207 g/mol. The van der Waals surface area contributed by atoms with E-state index in [4.69, 9.17) is 11.5 Å². The Morgan fingerprint density at radius 2 is 1.73 bits per heavy atom. The van der Waals surface area contributed by atoms with Gasteiger partial charge >= 0.3 is 0 Å². The third kappa shape index (κ3) is 2.98. The van der Waals surface area contributed by atoms with Crippen molar-refractivity contribution in [3.05, 3.63) is 29.8 Å². The molecule has 80 valence electrons. The van der Waals surface area contributed by atoms with E-state index >= 15 is 0 Å². The molecule has 0 aliphatic heterocycles. The Balaban J connectivity index is 2.72. The molecular formula is C10H13N3O2. The van der Waals surface area contributed by atoms with E-state index in [2.05, 4.69) is 5.32 Å². The van der Waals surface area contributed by atoms with E-state index in [0.29, 0.717) is 11.3 Å². The summed E-state index contributed by atoms with van der Waals surface area (Å²) < 4.78 is 0. The van der Waals surface area contributed by atoms with Gasteiger partial charge in [0.2, 0.25) is 11.8 Å². The summed E-state index contributed by atoms with van der Waals surface area (Å²) in [6.07, 6.45) is 0. The minimum atomic E-state index is -0.482. The molecule has 1 rings (SSSR count). The first-order chi connectivity index (χ1) is 7.00. The Labute approximate surface area is 87.4 Å². The van der Waals surface area contributed by atoms with Gasteiger partial charge in [-0.1, -0.05) is 0 Å². The van der Waals surface area contributed by atoms with Crippen molar-refractivity contribution >= 4 is 17.5 Å². The highest BCUT2D eigenvalue weighted by molar-refractivity contribution is 5.93. The largest absolute Gasteiger partial charge is 0.374 e. The van der Waals surface area contributed by atoms with Crippen LogP contribution in [0.1, 0.15) is 17.3 Å². The summed E-state index contributed by atoms with van der Waals surface area (Å²) in [7, 11) is 0. The molecule has 5 nitrogen and oxygen atoms in total. The number of carbonyl (C=O) groups excluding carboxylic acids is 2. The zero-order valence-corrected chi connectivity index (χ0v) is 8.36. The van der Waals surface area contributed by atoms with Gasteiger partial charge in [0.25, 0.3) is 0 Å². The molecule has 0 spiro atoms. The molecule has 1 unspecified atom stereocenters. The third-order valence-electron chi connectivity index (χ3n) is 1.98. The predicted molar refractivity (Wildman–Crippen MR) is 57.2 cm³/mol. The fourth-order valence-corrected chi connectivity index (χ4v) is 1.05. The maximum atomic E-state index is 10.8. The zero-order chi connectivity index (χ0) is 11.4. The second kappa shape index (κ2) is 4.45. The van der Waals surface area contributed by atoms with E-state index < -0.39 is 17.9 Å². The van der Waals surface area contributed by atoms with Crippen molar-refractivity contribution in [3.63, 3.8) is 0 Å². The van der Waals surface area contributed by atoms with Gasteiger partial charge in [-0.25, -0.2) is 0 Å². The van der Waals surface area contributed by atoms with E-state index in [1.165, 1.54) is 0 Å². The van der Waals surface area contributed by atoms with Gasteiger partial charge in [0.1, 0.15) is 6.04 Å².